The fourth-order valence-corrected chi connectivity index (χ4v) is 1.69. The third-order valence-corrected chi connectivity index (χ3v) is 2.66. The van der Waals surface area contributed by atoms with Crippen LogP contribution in [0.2, 0.25) is 0 Å². The molecule has 0 saturated carbocycles. The molecule has 0 N–H and O–H groups in total. The Kier molecular flexibility index (Phi) is 2.68. The molecule has 2 nitrogen and oxygen atoms in total. The fourth-order valence-electron chi connectivity index (χ4n) is 1.43. The minimum atomic E-state index is 0.183. The molecule has 0 aliphatic carbocycles. The van der Waals surface area contributed by atoms with Crippen molar-refractivity contribution < 1.29 is 4.79 Å². The van der Waals surface area contributed by atoms with Crippen molar-refractivity contribution in [2.45, 2.75) is 6.54 Å². The number of hydrogen-bond acceptors (Lipinski definition) is 2. The van der Waals surface area contributed by atoms with E-state index in [1.165, 1.54) is 5.56 Å². The zero-order valence-electron chi connectivity index (χ0n) is 7.61. The van der Waals surface area contributed by atoms with E-state index < -0.39 is 0 Å². The smallest absolute Gasteiger partial charge is 0.176 e. The van der Waals surface area contributed by atoms with Gasteiger partial charge in [-0.3, -0.25) is 4.79 Å². The molecule has 1 aromatic rings. The fraction of sp³-hybridized carbons (Fsp3) is 0.182. The molecule has 14 heavy (non-hydrogen) atoms. The molecule has 72 valence electrons. The quantitative estimate of drug-likeness (QED) is 0.805. The van der Waals surface area contributed by atoms with Crippen LogP contribution in [-0.2, 0) is 11.3 Å². The van der Waals surface area contributed by atoms with Crippen molar-refractivity contribution in [3.8, 4) is 0 Å². The second-order valence-electron chi connectivity index (χ2n) is 3.31. The summed E-state index contributed by atoms with van der Waals surface area (Å²) in [4.78, 5) is 13.0. The van der Waals surface area contributed by atoms with Gasteiger partial charge in [0.1, 0.15) is 0 Å². The van der Waals surface area contributed by atoms with Gasteiger partial charge in [-0.25, -0.2) is 0 Å². The van der Waals surface area contributed by atoms with Gasteiger partial charge in [-0.1, -0.05) is 28.1 Å². The lowest BCUT2D eigenvalue weighted by molar-refractivity contribution is -0.114. The highest BCUT2D eigenvalue weighted by atomic mass is 79.9. The van der Waals surface area contributed by atoms with E-state index in [0.717, 1.165) is 11.0 Å². The summed E-state index contributed by atoms with van der Waals surface area (Å²) < 4.78 is 1.08. The van der Waals surface area contributed by atoms with Crippen LogP contribution in [0.5, 0.6) is 0 Å². The average molecular weight is 252 g/mol. The first-order valence-corrected chi connectivity index (χ1v) is 5.23. The highest BCUT2D eigenvalue weighted by Crippen LogP contribution is 2.13. The Hall–Kier alpha value is -1.09. The standard InChI is InChI=1S/C11H10BrNO/c12-10-3-1-9(2-4-10)7-13-6-5-11(14)8-13/h1-6H,7-8H2. The van der Waals surface area contributed by atoms with Gasteiger partial charge in [0.2, 0.25) is 0 Å². The highest BCUT2D eigenvalue weighted by Gasteiger charge is 2.11. The predicted octanol–water partition coefficient (Wildman–Crippen LogP) is 2.35. The van der Waals surface area contributed by atoms with Gasteiger partial charge >= 0.3 is 0 Å². The summed E-state index contributed by atoms with van der Waals surface area (Å²) in [6.45, 7) is 1.31. The van der Waals surface area contributed by atoms with Crippen molar-refractivity contribution in [3.05, 3.63) is 46.6 Å². The Balaban J connectivity index is 2.01. The van der Waals surface area contributed by atoms with Crippen LogP contribution in [0.25, 0.3) is 0 Å². The van der Waals surface area contributed by atoms with E-state index in [-0.39, 0.29) is 5.78 Å². The predicted molar refractivity (Wildman–Crippen MR) is 58.7 cm³/mol. The van der Waals surface area contributed by atoms with Crippen molar-refractivity contribution in [1.29, 1.82) is 0 Å². The number of ketones is 1. The summed E-state index contributed by atoms with van der Waals surface area (Å²) in [7, 11) is 0. The third kappa shape index (κ3) is 2.23. The van der Waals surface area contributed by atoms with E-state index in [0.29, 0.717) is 6.54 Å². The molecule has 0 fully saturated rings. The monoisotopic (exact) mass is 251 g/mol. The van der Waals surface area contributed by atoms with E-state index >= 15 is 0 Å². The SMILES string of the molecule is O=C1C=CN(Cc2ccc(Br)cc2)C1. The summed E-state index contributed by atoms with van der Waals surface area (Å²) in [5.74, 6) is 0.183. The zero-order valence-corrected chi connectivity index (χ0v) is 9.20. The molecule has 0 aromatic heterocycles. The molecular weight excluding hydrogens is 242 g/mol. The van der Waals surface area contributed by atoms with E-state index in [1.54, 1.807) is 6.08 Å². The molecule has 1 aliphatic rings. The topological polar surface area (TPSA) is 20.3 Å². The molecule has 3 heteroatoms. The van der Waals surface area contributed by atoms with E-state index in [9.17, 15) is 4.79 Å². The average Bonchev–Trinajstić information content (AvgIpc) is 2.56. The number of carbonyl (C=O) groups excluding carboxylic acids is 1. The first-order valence-electron chi connectivity index (χ1n) is 4.43. The third-order valence-electron chi connectivity index (χ3n) is 2.13. The number of halogens is 1. The number of rotatable bonds is 2. The Morgan fingerprint density at radius 3 is 2.57 bits per heavy atom. The van der Waals surface area contributed by atoms with Gasteiger partial charge in [0.15, 0.2) is 5.78 Å². The molecule has 0 bridgehead atoms. The van der Waals surface area contributed by atoms with Gasteiger partial charge in [0.05, 0.1) is 6.54 Å². The summed E-state index contributed by atoms with van der Waals surface area (Å²) in [5.41, 5.74) is 1.22. The molecule has 1 aliphatic heterocycles. The second kappa shape index (κ2) is 3.96. The number of benzene rings is 1. The van der Waals surface area contributed by atoms with E-state index in [2.05, 4.69) is 28.1 Å². The van der Waals surface area contributed by atoms with Crippen LogP contribution in [0.15, 0.2) is 41.0 Å². The van der Waals surface area contributed by atoms with Crippen LogP contribution in [0.4, 0.5) is 0 Å². The molecular formula is C11H10BrNO. The molecule has 0 saturated heterocycles. The minimum absolute atomic E-state index is 0.183. The molecule has 1 aromatic carbocycles. The lowest BCUT2D eigenvalue weighted by atomic mass is 10.2. The first kappa shape index (κ1) is 9.46. The van der Waals surface area contributed by atoms with Crippen LogP contribution in [0.3, 0.4) is 0 Å². The van der Waals surface area contributed by atoms with E-state index in [1.807, 2.05) is 23.2 Å². The van der Waals surface area contributed by atoms with Crippen LogP contribution in [0.1, 0.15) is 5.56 Å². The molecule has 0 atom stereocenters. The van der Waals surface area contributed by atoms with Gasteiger partial charge in [-0.15, -0.1) is 0 Å². The number of nitrogens with zero attached hydrogens (tertiary/aromatic N) is 1. The maximum Gasteiger partial charge on any atom is 0.176 e. The second-order valence-corrected chi connectivity index (χ2v) is 4.23. The van der Waals surface area contributed by atoms with Crippen molar-refractivity contribution in [2.75, 3.05) is 6.54 Å². The lowest BCUT2D eigenvalue weighted by Crippen LogP contribution is -2.17. The van der Waals surface area contributed by atoms with Gasteiger partial charge in [0, 0.05) is 17.2 Å². The maximum atomic E-state index is 11.0. The molecule has 2 rings (SSSR count). The van der Waals surface area contributed by atoms with Crippen molar-refractivity contribution in [2.24, 2.45) is 0 Å². The first-order chi connectivity index (χ1) is 6.74. The van der Waals surface area contributed by atoms with Crippen LogP contribution >= 0.6 is 15.9 Å². The lowest BCUT2D eigenvalue weighted by Gasteiger charge is -2.14. The maximum absolute atomic E-state index is 11.0. The van der Waals surface area contributed by atoms with Gasteiger partial charge in [-0.05, 0) is 23.8 Å². The summed E-state index contributed by atoms with van der Waals surface area (Å²) >= 11 is 3.39. The normalized spacial score (nSPS) is 15.2. The molecule has 1 heterocycles. The van der Waals surface area contributed by atoms with Crippen molar-refractivity contribution >= 4 is 21.7 Å². The van der Waals surface area contributed by atoms with Crippen LogP contribution in [0, 0.1) is 0 Å². The molecule has 0 amide bonds. The Bertz CT molecular complexity index is 369. The Morgan fingerprint density at radius 1 is 1.29 bits per heavy atom. The highest BCUT2D eigenvalue weighted by molar-refractivity contribution is 9.10. The van der Waals surface area contributed by atoms with Gasteiger partial charge in [-0.2, -0.15) is 0 Å². The largest absolute Gasteiger partial charge is 0.365 e. The number of carbonyl (C=O) groups is 1. The van der Waals surface area contributed by atoms with Crippen molar-refractivity contribution in [1.82, 2.24) is 4.90 Å². The molecule has 0 unspecified atom stereocenters. The number of hydrogen-bond donors (Lipinski definition) is 0. The van der Waals surface area contributed by atoms with Crippen LogP contribution < -0.4 is 0 Å². The van der Waals surface area contributed by atoms with Crippen molar-refractivity contribution in [3.63, 3.8) is 0 Å². The van der Waals surface area contributed by atoms with Gasteiger partial charge in [0.25, 0.3) is 0 Å². The van der Waals surface area contributed by atoms with Gasteiger partial charge < -0.3 is 4.90 Å². The van der Waals surface area contributed by atoms with Crippen LogP contribution in [-0.4, -0.2) is 17.2 Å². The zero-order chi connectivity index (χ0) is 9.97. The summed E-state index contributed by atoms with van der Waals surface area (Å²) in [6.07, 6.45) is 3.48. The molecule has 0 spiro atoms. The minimum Gasteiger partial charge on any atom is -0.365 e. The molecule has 0 radical (unpaired) electrons. The Morgan fingerprint density at radius 2 is 2.00 bits per heavy atom. The Labute approximate surface area is 91.3 Å². The summed E-state index contributed by atoms with van der Waals surface area (Å²) in [5, 5.41) is 0. The van der Waals surface area contributed by atoms with E-state index in [4.69, 9.17) is 0 Å². The summed E-state index contributed by atoms with van der Waals surface area (Å²) in [6, 6.07) is 8.13.